The molecule has 2 aromatic rings. The molecule has 5 nitrogen and oxygen atoms in total. The number of nitrogens with zero attached hydrogens (tertiary/aromatic N) is 2. The molecular weight excluding hydrogens is 242 g/mol. The van der Waals surface area contributed by atoms with Crippen molar-refractivity contribution in [3.8, 4) is 0 Å². The van der Waals surface area contributed by atoms with Crippen LogP contribution in [0.2, 0.25) is 0 Å². The molecule has 0 radical (unpaired) electrons. The maximum absolute atomic E-state index is 11.9. The minimum absolute atomic E-state index is 0.185. The number of hydrogen-bond acceptors (Lipinski definition) is 4. The Morgan fingerprint density at radius 2 is 1.95 bits per heavy atom. The van der Waals surface area contributed by atoms with E-state index in [0.717, 1.165) is 5.56 Å². The smallest absolute Gasteiger partial charge is 0.229 e. The van der Waals surface area contributed by atoms with Crippen LogP contribution in [-0.4, -0.2) is 21.7 Å². The zero-order valence-electron chi connectivity index (χ0n) is 10.5. The molecule has 0 aliphatic heterocycles. The summed E-state index contributed by atoms with van der Waals surface area (Å²) < 4.78 is 0. The molecule has 0 aliphatic carbocycles. The first-order valence-corrected chi connectivity index (χ1v) is 5.81. The predicted molar refractivity (Wildman–Crippen MR) is 70.8 cm³/mol. The van der Waals surface area contributed by atoms with Gasteiger partial charge in [0, 0.05) is 6.20 Å². The van der Waals surface area contributed by atoms with E-state index in [-0.39, 0.29) is 23.9 Å². The van der Waals surface area contributed by atoms with Crippen molar-refractivity contribution in [2.45, 2.75) is 13.3 Å². The molecule has 5 heteroatoms. The van der Waals surface area contributed by atoms with E-state index in [1.807, 2.05) is 30.3 Å². The summed E-state index contributed by atoms with van der Waals surface area (Å²) in [5, 5.41) is 2.63. The van der Waals surface area contributed by atoms with Gasteiger partial charge in [0.2, 0.25) is 5.91 Å². The number of amides is 1. The van der Waals surface area contributed by atoms with Gasteiger partial charge in [0.05, 0.1) is 12.0 Å². The number of ketones is 1. The van der Waals surface area contributed by atoms with Crippen LogP contribution in [0.15, 0.2) is 42.9 Å². The fourth-order valence-corrected chi connectivity index (χ4v) is 1.64. The van der Waals surface area contributed by atoms with Crippen molar-refractivity contribution in [2.75, 3.05) is 5.32 Å². The van der Waals surface area contributed by atoms with E-state index >= 15 is 0 Å². The predicted octanol–water partition coefficient (Wildman–Crippen LogP) is 1.86. The van der Waals surface area contributed by atoms with E-state index < -0.39 is 0 Å². The lowest BCUT2D eigenvalue weighted by Crippen LogP contribution is -2.17. The molecule has 0 atom stereocenters. The van der Waals surface area contributed by atoms with Crippen molar-refractivity contribution in [1.82, 2.24) is 9.97 Å². The van der Waals surface area contributed by atoms with E-state index in [0.29, 0.717) is 5.56 Å². The van der Waals surface area contributed by atoms with E-state index in [2.05, 4.69) is 15.3 Å². The maximum Gasteiger partial charge on any atom is 0.229 e. The molecule has 0 bridgehead atoms. The molecule has 0 aliphatic rings. The number of carbonyl (C=O) groups is 2. The van der Waals surface area contributed by atoms with Gasteiger partial charge in [-0.2, -0.15) is 0 Å². The molecule has 0 saturated heterocycles. The van der Waals surface area contributed by atoms with Crippen LogP contribution in [0.25, 0.3) is 0 Å². The Morgan fingerprint density at radius 1 is 1.21 bits per heavy atom. The van der Waals surface area contributed by atoms with Gasteiger partial charge in [-0.15, -0.1) is 0 Å². The second kappa shape index (κ2) is 5.86. The molecule has 2 rings (SSSR count). The topological polar surface area (TPSA) is 72.0 Å². The third-order valence-corrected chi connectivity index (χ3v) is 2.56. The highest BCUT2D eigenvalue weighted by Crippen LogP contribution is 2.11. The number of nitrogens with one attached hydrogen (secondary N) is 1. The number of hydrogen-bond donors (Lipinski definition) is 1. The quantitative estimate of drug-likeness (QED) is 0.846. The molecule has 1 N–H and O–H groups in total. The Balaban J connectivity index is 2.09. The van der Waals surface area contributed by atoms with E-state index in [4.69, 9.17) is 0 Å². The standard InChI is InChI=1S/C14H13N3O2/c1-10(18)12-8-15-9-16-14(12)17-13(19)7-11-5-3-2-4-6-11/h2-6,8-9H,7H2,1H3,(H,15,16,17,19). The molecule has 96 valence electrons. The molecule has 1 heterocycles. The third kappa shape index (κ3) is 3.45. The molecular formula is C14H13N3O2. The van der Waals surface area contributed by atoms with Gasteiger partial charge in [0.25, 0.3) is 0 Å². The first-order chi connectivity index (χ1) is 9.16. The summed E-state index contributed by atoms with van der Waals surface area (Å²) in [6.45, 7) is 1.41. The number of benzene rings is 1. The SMILES string of the molecule is CC(=O)c1cncnc1NC(=O)Cc1ccccc1. The third-order valence-electron chi connectivity index (χ3n) is 2.56. The van der Waals surface area contributed by atoms with Crippen molar-refractivity contribution in [2.24, 2.45) is 0 Å². The van der Waals surface area contributed by atoms with Crippen LogP contribution in [0, 0.1) is 0 Å². The highest BCUT2D eigenvalue weighted by Gasteiger charge is 2.11. The summed E-state index contributed by atoms with van der Waals surface area (Å²) in [6, 6.07) is 9.36. The van der Waals surface area contributed by atoms with Crippen molar-refractivity contribution in [3.63, 3.8) is 0 Å². The van der Waals surface area contributed by atoms with Crippen molar-refractivity contribution in [1.29, 1.82) is 0 Å². The lowest BCUT2D eigenvalue weighted by Gasteiger charge is -2.07. The summed E-state index contributed by atoms with van der Waals surface area (Å²) in [7, 11) is 0. The Kier molecular flexibility index (Phi) is 3.97. The normalized spacial score (nSPS) is 9.95. The number of anilines is 1. The zero-order valence-corrected chi connectivity index (χ0v) is 10.5. The summed E-state index contributed by atoms with van der Waals surface area (Å²) in [5.41, 5.74) is 1.21. The fraction of sp³-hybridized carbons (Fsp3) is 0.143. The van der Waals surface area contributed by atoms with Gasteiger partial charge in [-0.05, 0) is 12.5 Å². The highest BCUT2D eigenvalue weighted by atomic mass is 16.1. The zero-order chi connectivity index (χ0) is 13.7. The molecule has 0 fully saturated rings. The molecule has 0 unspecified atom stereocenters. The molecule has 19 heavy (non-hydrogen) atoms. The Bertz CT molecular complexity index is 597. The highest BCUT2D eigenvalue weighted by molar-refractivity contribution is 6.02. The molecule has 1 aromatic carbocycles. The summed E-state index contributed by atoms with van der Waals surface area (Å²) in [5.74, 6) is -0.147. The lowest BCUT2D eigenvalue weighted by molar-refractivity contribution is -0.115. The molecule has 1 aromatic heterocycles. The lowest BCUT2D eigenvalue weighted by atomic mass is 10.1. The number of rotatable bonds is 4. The Labute approximate surface area is 110 Å². The Morgan fingerprint density at radius 3 is 2.63 bits per heavy atom. The molecule has 0 spiro atoms. The van der Waals surface area contributed by atoms with Crippen LogP contribution in [0.1, 0.15) is 22.8 Å². The van der Waals surface area contributed by atoms with Crippen LogP contribution in [-0.2, 0) is 11.2 Å². The summed E-state index contributed by atoms with van der Waals surface area (Å²) in [4.78, 5) is 30.9. The number of carbonyl (C=O) groups excluding carboxylic acids is 2. The van der Waals surface area contributed by atoms with Gasteiger partial charge in [-0.3, -0.25) is 9.59 Å². The first-order valence-electron chi connectivity index (χ1n) is 5.81. The van der Waals surface area contributed by atoms with Crippen LogP contribution >= 0.6 is 0 Å². The average Bonchev–Trinajstić information content (AvgIpc) is 2.40. The van der Waals surface area contributed by atoms with Gasteiger partial charge in [0.15, 0.2) is 5.78 Å². The van der Waals surface area contributed by atoms with Gasteiger partial charge in [-0.25, -0.2) is 9.97 Å². The minimum Gasteiger partial charge on any atom is -0.310 e. The van der Waals surface area contributed by atoms with Gasteiger partial charge >= 0.3 is 0 Å². The van der Waals surface area contributed by atoms with Crippen LogP contribution < -0.4 is 5.32 Å². The molecule has 0 saturated carbocycles. The Hall–Kier alpha value is -2.56. The number of aromatic nitrogens is 2. The van der Waals surface area contributed by atoms with Crippen molar-refractivity contribution >= 4 is 17.5 Å². The fourth-order valence-electron chi connectivity index (χ4n) is 1.64. The van der Waals surface area contributed by atoms with Gasteiger partial charge in [-0.1, -0.05) is 30.3 Å². The van der Waals surface area contributed by atoms with E-state index in [9.17, 15) is 9.59 Å². The average molecular weight is 255 g/mol. The van der Waals surface area contributed by atoms with Crippen LogP contribution in [0.5, 0.6) is 0 Å². The summed E-state index contributed by atoms with van der Waals surface area (Å²) >= 11 is 0. The first kappa shape index (κ1) is 12.9. The van der Waals surface area contributed by atoms with Gasteiger partial charge in [0.1, 0.15) is 12.1 Å². The largest absolute Gasteiger partial charge is 0.310 e. The van der Waals surface area contributed by atoms with E-state index in [1.165, 1.54) is 19.4 Å². The monoisotopic (exact) mass is 255 g/mol. The minimum atomic E-state index is -0.215. The number of Topliss-reactive ketones (excluding diaryl/α,β-unsaturated/α-hetero) is 1. The van der Waals surface area contributed by atoms with Crippen molar-refractivity contribution < 1.29 is 9.59 Å². The summed E-state index contributed by atoms with van der Waals surface area (Å²) in [6.07, 6.45) is 2.93. The van der Waals surface area contributed by atoms with E-state index in [1.54, 1.807) is 0 Å². The van der Waals surface area contributed by atoms with Crippen molar-refractivity contribution in [3.05, 3.63) is 54.0 Å². The second-order valence-electron chi connectivity index (χ2n) is 4.05. The second-order valence-corrected chi connectivity index (χ2v) is 4.05. The van der Waals surface area contributed by atoms with Crippen LogP contribution in [0.4, 0.5) is 5.82 Å². The molecule has 1 amide bonds. The van der Waals surface area contributed by atoms with Gasteiger partial charge < -0.3 is 5.32 Å². The van der Waals surface area contributed by atoms with Crippen LogP contribution in [0.3, 0.4) is 0 Å². The maximum atomic E-state index is 11.9.